The van der Waals surface area contributed by atoms with Crippen LogP contribution in [0.2, 0.25) is 0 Å². The summed E-state index contributed by atoms with van der Waals surface area (Å²) >= 11 is 0. The monoisotopic (exact) mass is 226 g/mol. The SMILES string of the molecule is COCCC(Cc1cccc(F)c1)C(=O)O. The minimum atomic E-state index is -0.874. The van der Waals surface area contributed by atoms with Gasteiger partial charge in [0.15, 0.2) is 0 Å². The molecule has 1 aromatic rings. The Morgan fingerprint density at radius 1 is 1.56 bits per heavy atom. The third-order valence-electron chi connectivity index (χ3n) is 2.39. The van der Waals surface area contributed by atoms with Gasteiger partial charge in [0.05, 0.1) is 5.92 Å². The highest BCUT2D eigenvalue weighted by Crippen LogP contribution is 2.14. The van der Waals surface area contributed by atoms with E-state index in [4.69, 9.17) is 9.84 Å². The third kappa shape index (κ3) is 3.98. The molecule has 88 valence electrons. The predicted octanol–water partition coefficient (Wildman–Crippen LogP) is 2.11. The third-order valence-corrected chi connectivity index (χ3v) is 2.39. The van der Waals surface area contributed by atoms with E-state index in [0.29, 0.717) is 25.0 Å². The van der Waals surface area contributed by atoms with Crippen molar-refractivity contribution in [2.24, 2.45) is 5.92 Å². The van der Waals surface area contributed by atoms with Crippen molar-refractivity contribution in [1.82, 2.24) is 0 Å². The molecule has 0 saturated carbocycles. The van der Waals surface area contributed by atoms with Crippen molar-refractivity contribution in [1.29, 1.82) is 0 Å². The molecule has 0 aliphatic carbocycles. The van der Waals surface area contributed by atoms with Crippen LogP contribution in [0.4, 0.5) is 4.39 Å². The molecule has 0 aliphatic rings. The smallest absolute Gasteiger partial charge is 0.306 e. The maximum Gasteiger partial charge on any atom is 0.306 e. The second kappa shape index (κ2) is 6.23. The van der Waals surface area contributed by atoms with Crippen LogP contribution >= 0.6 is 0 Å². The summed E-state index contributed by atoms with van der Waals surface area (Å²) in [6, 6.07) is 6.02. The normalized spacial score (nSPS) is 12.4. The average Bonchev–Trinajstić information content (AvgIpc) is 2.24. The Hall–Kier alpha value is -1.42. The van der Waals surface area contributed by atoms with Gasteiger partial charge in [-0.3, -0.25) is 4.79 Å². The number of ether oxygens (including phenoxy) is 1. The van der Waals surface area contributed by atoms with Crippen LogP contribution in [0.3, 0.4) is 0 Å². The molecular formula is C12H15FO3. The molecule has 0 aromatic heterocycles. The van der Waals surface area contributed by atoms with Crippen LogP contribution < -0.4 is 0 Å². The molecule has 1 unspecified atom stereocenters. The van der Waals surface area contributed by atoms with Crippen LogP contribution in [0.15, 0.2) is 24.3 Å². The Morgan fingerprint density at radius 3 is 2.88 bits per heavy atom. The van der Waals surface area contributed by atoms with E-state index in [1.165, 1.54) is 19.2 Å². The summed E-state index contributed by atoms with van der Waals surface area (Å²) in [6.07, 6.45) is 0.763. The minimum Gasteiger partial charge on any atom is -0.481 e. The van der Waals surface area contributed by atoms with Crippen LogP contribution in [0.5, 0.6) is 0 Å². The van der Waals surface area contributed by atoms with Gasteiger partial charge >= 0.3 is 5.97 Å². The van der Waals surface area contributed by atoms with Crippen LogP contribution in [0.25, 0.3) is 0 Å². The average molecular weight is 226 g/mol. The van der Waals surface area contributed by atoms with Gasteiger partial charge in [-0.1, -0.05) is 12.1 Å². The molecule has 0 saturated heterocycles. The summed E-state index contributed by atoms with van der Waals surface area (Å²) in [5.74, 6) is -1.74. The van der Waals surface area contributed by atoms with Crippen molar-refractivity contribution in [3.8, 4) is 0 Å². The molecular weight excluding hydrogens is 211 g/mol. The van der Waals surface area contributed by atoms with Crippen molar-refractivity contribution in [3.05, 3.63) is 35.6 Å². The Morgan fingerprint density at radius 2 is 2.31 bits per heavy atom. The van der Waals surface area contributed by atoms with Gasteiger partial charge in [-0.25, -0.2) is 4.39 Å². The second-order valence-electron chi connectivity index (χ2n) is 3.65. The zero-order valence-corrected chi connectivity index (χ0v) is 9.15. The number of carboxylic acid groups (broad SMARTS) is 1. The summed E-state index contributed by atoms with van der Waals surface area (Å²) in [6.45, 7) is 0.395. The van der Waals surface area contributed by atoms with Crippen molar-refractivity contribution >= 4 is 5.97 Å². The predicted molar refractivity (Wildman–Crippen MR) is 57.7 cm³/mol. The highest BCUT2D eigenvalue weighted by molar-refractivity contribution is 5.70. The molecule has 1 N–H and O–H groups in total. The molecule has 1 aromatic carbocycles. The quantitative estimate of drug-likeness (QED) is 0.808. The van der Waals surface area contributed by atoms with Crippen molar-refractivity contribution < 1.29 is 19.0 Å². The number of aliphatic carboxylic acids is 1. The Kier molecular flexibility index (Phi) is 4.92. The molecule has 0 fully saturated rings. The first-order valence-electron chi connectivity index (χ1n) is 5.09. The van der Waals surface area contributed by atoms with E-state index >= 15 is 0 Å². The van der Waals surface area contributed by atoms with Crippen molar-refractivity contribution in [3.63, 3.8) is 0 Å². The first-order valence-corrected chi connectivity index (χ1v) is 5.09. The maximum atomic E-state index is 12.9. The zero-order chi connectivity index (χ0) is 12.0. The summed E-state index contributed by atoms with van der Waals surface area (Å²) < 4.78 is 17.7. The molecule has 0 amide bonds. The van der Waals surface area contributed by atoms with Crippen LogP contribution in [0.1, 0.15) is 12.0 Å². The van der Waals surface area contributed by atoms with E-state index in [-0.39, 0.29) is 5.82 Å². The van der Waals surface area contributed by atoms with Gasteiger partial charge in [0.1, 0.15) is 5.82 Å². The number of carboxylic acids is 1. The number of methoxy groups -OCH3 is 1. The first kappa shape index (κ1) is 12.6. The maximum absolute atomic E-state index is 12.9. The molecule has 4 heteroatoms. The summed E-state index contributed by atoms with van der Waals surface area (Å²) in [5, 5.41) is 8.98. The molecule has 1 atom stereocenters. The summed E-state index contributed by atoms with van der Waals surface area (Å²) in [4.78, 5) is 10.9. The zero-order valence-electron chi connectivity index (χ0n) is 9.15. The first-order chi connectivity index (χ1) is 7.63. The van der Waals surface area contributed by atoms with Gasteiger partial charge < -0.3 is 9.84 Å². The minimum absolute atomic E-state index is 0.330. The van der Waals surface area contributed by atoms with E-state index in [1.54, 1.807) is 12.1 Å². The number of benzene rings is 1. The lowest BCUT2D eigenvalue weighted by Gasteiger charge is -2.11. The van der Waals surface area contributed by atoms with Crippen LogP contribution in [0, 0.1) is 11.7 Å². The van der Waals surface area contributed by atoms with E-state index in [1.807, 2.05) is 0 Å². The van der Waals surface area contributed by atoms with Gasteiger partial charge in [-0.15, -0.1) is 0 Å². The van der Waals surface area contributed by atoms with Crippen molar-refractivity contribution in [2.75, 3.05) is 13.7 Å². The summed E-state index contributed by atoms with van der Waals surface area (Å²) in [7, 11) is 1.53. The highest BCUT2D eigenvalue weighted by Gasteiger charge is 2.17. The number of hydrogen-bond donors (Lipinski definition) is 1. The fourth-order valence-corrected chi connectivity index (χ4v) is 1.52. The van der Waals surface area contributed by atoms with Gasteiger partial charge in [-0.2, -0.15) is 0 Å². The van der Waals surface area contributed by atoms with E-state index in [9.17, 15) is 9.18 Å². The lowest BCUT2D eigenvalue weighted by atomic mass is 9.96. The topological polar surface area (TPSA) is 46.5 Å². The van der Waals surface area contributed by atoms with E-state index in [2.05, 4.69) is 0 Å². The van der Waals surface area contributed by atoms with E-state index < -0.39 is 11.9 Å². The van der Waals surface area contributed by atoms with Gasteiger partial charge in [-0.05, 0) is 30.5 Å². The standard InChI is InChI=1S/C12H15FO3/c1-16-6-5-10(12(14)15)7-9-3-2-4-11(13)8-9/h2-4,8,10H,5-7H2,1H3,(H,14,15). The lowest BCUT2D eigenvalue weighted by Crippen LogP contribution is -2.18. The highest BCUT2D eigenvalue weighted by atomic mass is 19.1. The molecule has 0 bridgehead atoms. The largest absolute Gasteiger partial charge is 0.481 e. The van der Waals surface area contributed by atoms with Gasteiger partial charge in [0.25, 0.3) is 0 Å². The van der Waals surface area contributed by atoms with Crippen molar-refractivity contribution in [2.45, 2.75) is 12.8 Å². The Bertz CT molecular complexity index is 352. The molecule has 16 heavy (non-hydrogen) atoms. The van der Waals surface area contributed by atoms with Crippen LogP contribution in [-0.2, 0) is 16.0 Å². The lowest BCUT2D eigenvalue weighted by molar-refractivity contribution is -0.142. The summed E-state index contributed by atoms with van der Waals surface area (Å²) in [5.41, 5.74) is 0.698. The molecule has 1 rings (SSSR count). The fourth-order valence-electron chi connectivity index (χ4n) is 1.52. The van der Waals surface area contributed by atoms with Gasteiger partial charge in [0.2, 0.25) is 0 Å². The van der Waals surface area contributed by atoms with Gasteiger partial charge in [0, 0.05) is 13.7 Å². The molecule has 0 aliphatic heterocycles. The van der Waals surface area contributed by atoms with Crippen LogP contribution in [-0.4, -0.2) is 24.8 Å². The molecule has 0 spiro atoms. The molecule has 3 nitrogen and oxygen atoms in total. The number of hydrogen-bond acceptors (Lipinski definition) is 2. The second-order valence-corrected chi connectivity index (χ2v) is 3.65. The number of carbonyl (C=O) groups is 1. The number of rotatable bonds is 6. The molecule has 0 heterocycles. The fraction of sp³-hybridized carbons (Fsp3) is 0.417. The Balaban J connectivity index is 2.64. The number of halogens is 1. The Labute approximate surface area is 93.9 Å². The molecule has 0 radical (unpaired) electrons. The van der Waals surface area contributed by atoms with E-state index in [0.717, 1.165) is 0 Å².